The number of benzene rings is 1. The number of aryl methyl sites for hydroxylation is 1. The minimum absolute atomic E-state index is 0.00749. The lowest BCUT2D eigenvalue weighted by atomic mass is 10.3. The Labute approximate surface area is 142 Å². The number of nitrogens with one attached hydrogen (secondary N) is 2. The number of hydrogen-bond acceptors (Lipinski definition) is 3. The molecule has 0 atom stereocenters. The van der Waals surface area contributed by atoms with Crippen LogP contribution in [-0.2, 0) is 11.3 Å². The molecule has 0 aliphatic rings. The first-order valence-electron chi connectivity index (χ1n) is 7.32. The predicted octanol–water partition coefficient (Wildman–Crippen LogP) is 2.27. The molecule has 0 aliphatic carbocycles. The van der Waals surface area contributed by atoms with Gasteiger partial charge < -0.3 is 5.32 Å². The molecule has 2 N–H and O–H groups in total. The van der Waals surface area contributed by atoms with Gasteiger partial charge in [0.05, 0.1) is 22.1 Å². The number of nitrogens with zero attached hydrogens (tertiary/aromatic N) is 3. The van der Waals surface area contributed by atoms with E-state index in [4.69, 9.17) is 11.6 Å². The Balaban J connectivity index is 1.83. The molecule has 2 aromatic heterocycles. The monoisotopic (exact) mass is 345 g/mol. The molecule has 0 fully saturated rings. The fraction of sp³-hybridized carbons (Fsp3) is 0.188. The van der Waals surface area contributed by atoms with Crippen molar-refractivity contribution in [3.05, 3.63) is 63.2 Å². The highest BCUT2D eigenvalue weighted by Gasteiger charge is 2.14. The Morgan fingerprint density at radius 2 is 2.00 bits per heavy atom. The topological polar surface area (TPSA) is 84.7 Å². The van der Waals surface area contributed by atoms with Crippen molar-refractivity contribution in [3.8, 4) is 5.69 Å². The largest absolute Gasteiger partial charge is 0.309 e. The van der Waals surface area contributed by atoms with Crippen LogP contribution in [0.2, 0.25) is 5.02 Å². The van der Waals surface area contributed by atoms with E-state index in [1.54, 1.807) is 13.8 Å². The number of H-pyrrole nitrogens is 1. The van der Waals surface area contributed by atoms with Crippen LogP contribution in [0.4, 0.5) is 5.82 Å². The van der Waals surface area contributed by atoms with Crippen molar-refractivity contribution in [1.29, 1.82) is 0 Å². The highest BCUT2D eigenvalue weighted by atomic mass is 35.5. The van der Waals surface area contributed by atoms with E-state index in [1.807, 2.05) is 30.3 Å². The van der Waals surface area contributed by atoms with Crippen LogP contribution in [0.15, 0.2) is 41.2 Å². The summed E-state index contributed by atoms with van der Waals surface area (Å²) in [4.78, 5) is 24.0. The number of amides is 1. The maximum absolute atomic E-state index is 12.3. The summed E-state index contributed by atoms with van der Waals surface area (Å²) in [7, 11) is 0. The molecule has 8 heteroatoms. The number of aromatic amines is 1. The van der Waals surface area contributed by atoms with Crippen molar-refractivity contribution in [2.75, 3.05) is 5.32 Å². The number of carbonyl (C=O) groups excluding carboxylic acids is 1. The van der Waals surface area contributed by atoms with Gasteiger partial charge >= 0.3 is 0 Å². The first kappa shape index (κ1) is 16.1. The number of halogens is 1. The van der Waals surface area contributed by atoms with Crippen LogP contribution in [0.25, 0.3) is 5.69 Å². The number of hydrogen-bond donors (Lipinski definition) is 2. The molecule has 0 aliphatic heterocycles. The van der Waals surface area contributed by atoms with Gasteiger partial charge in [0, 0.05) is 6.07 Å². The molecule has 3 rings (SSSR count). The first-order chi connectivity index (χ1) is 11.5. The predicted molar refractivity (Wildman–Crippen MR) is 91.7 cm³/mol. The average molecular weight is 346 g/mol. The minimum Gasteiger partial charge on any atom is -0.309 e. The maximum Gasteiger partial charge on any atom is 0.266 e. The zero-order valence-corrected chi connectivity index (χ0v) is 14.0. The summed E-state index contributed by atoms with van der Waals surface area (Å²) >= 11 is 6.09. The van der Waals surface area contributed by atoms with E-state index in [0.717, 1.165) is 11.4 Å². The molecule has 3 aromatic rings. The molecule has 1 amide bonds. The molecule has 0 bridgehead atoms. The number of carbonyl (C=O) groups is 1. The highest BCUT2D eigenvalue weighted by molar-refractivity contribution is 6.31. The fourth-order valence-corrected chi connectivity index (χ4v) is 2.55. The van der Waals surface area contributed by atoms with Gasteiger partial charge in [-0.1, -0.05) is 29.8 Å². The Morgan fingerprint density at radius 1 is 1.29 bits per heavy atom. The normalized spacial score (nSPS) is 10.8. The number of aromatic nitrogens is 4. The van der Waals surface area contributed by atoms with Crippen LogP contribution < -0.4 is 10.9 Å². The van der Waals surface area contributed by atoms with Crippen molar-refractivity contribution >= 4 is 23.3 Å². The van der Waals surface area contributed by atoms with Crippen molar-refractivity contribution in [2.24, 2.45) is 0 Å². The molecule has 124 valence electrons. The second kappa shape index (κ2) is 6.37. The number of anilines is 1. The van der Waals surface area contributed by atoms with Gasteiger partial charge in [-0.25, -0.2) is 4.68 Å². The van der Waals surface area contributed by atoms with E-state index in [9.17, 15) is 9.59 Å². The van der Waals surface area contributed by atoms with E-state index in [-0.39, 0.29) is 18.0 Å². The Kier molecular flexibility index (Phi) is 4.26. The van der Waals surface area contributed by atoms with Crippen LogP contribution in [0.5, 0.6) is 0 Å². The molecule has 0 saturated heterocycles. The number of rotatable bonds is 4. The van der Waals surface area contributed by atoms with Crippen LogP contribution in [0.3, 0.4) is 0 Å². The lowest BCUT2D eigenvalue weighted by Crippen LogP contribution is -2.21. The minimum atomic E-state index is -0.305. The van der Waals surface area contributed by atoms with Crippen LogP contribution in [0, 0.1) is 13.8 Å². The molecular formula is C16H16ClN5O2. The van der Waals surface area contributed by atoms with Crippen LogP contribution in [-0.4, -0.2) is 25.5 Å². The first-order valence-corrected chi connectivity index (χ1v) is 7.70. The number of para-hydroxylation sites is 1. The fourth-order valence-electron chi connectivity index (χ4n) is 2.41. The van der Waals surface area contributed by atoms with Crippen molar-refractivity contribution in [2.45, 2.75) is 20.4 Å². The van der Waals surface area contributed by atoms with Crippen LogP contribution >= 0.6 is 11.6 Å². The summed E-state index contributed by atoms with van der Waals surface area (Å²) in [6.45, 7) is 3.59. The average Bonchev–Trinajstić information content (AvgIpc) is 3.03. The molecule has 0 radical (unpaired) electrons. The molecule has 0 unspecified atom stereocenters. The zero-order chi connectivity index (χ0) is 17.3. The van der Waals surface area contributed by atoms with Crippen molar-refractivity contribution in [1.82, 2.24) is 19.6 Å². The summed E-state index contributed by atoms with van der Waals surface area (Å²) < 4.78 is 3.05. The van der Waals surface area contributed by atoms with Gasteiger partial charge in [0.2, 0.25) is 5.91 Å². The molecule has 0 spiro atoms. The summed E-state index contributed by atoms with van der Waals surface area (Å²) in [6, 6.07) is 10.5. The van der Waals surface area contributed by atoms with Gasteiger partial charge in [-0.05, 0) is 26.0 Å². The molecule has 1 aromatic carbocycles. The molecule has 0 saturated carbocycles. The van der Waals surface area contributed by atoms with Gasteiger partial charge in [-0.15, -0.1) is 0 Å². The van der Waals surface area contributed by atoms with Gasteiger partial charge in [0.1, 0.15) is 12.4 Å². The summed E-state index contributed by atoms with van der Waals surface area (Å²) in [5, 5.41) is 10.2. The van der Waals surface area contributed by atoms with Crippen LogP contribution in [0.1, 0.15) is 11.4 Å². The quantitative estimate of drug-likeness (QED) is 0.760. The van der Waals surface area contributed by atoms with E-state index in [0.29, 0.717) is 16.5 Å². The lowest BCUT2D eigenvalue weighted by molar-refractivity contribution is -0.117. The molecule has 7 nitrogen and oxygen atoms in total. The summed E-state index contributed by atoms with van der Waals surface area (Å²) in [6.07, 6.45) is 0. The summed E-state index contributed by atoms with van der Waals surface area (Å²) in [5.41, 5.74) is 1.83. The van der Waals surface area contributed by atoms with Gasteiger partial charge in [-0.2, -0.15) is 5.10 Å². The third kappa shape index (κ3) is 3.11. The van der Waals surface area contributed by atoms with E-state index in [2.05, 4.69) is 15.5 Å². The smallest absolute Gasteiger partial charge is 0.266 e. The molecule has 2 heterocycles. The van der Waals surface area contributed by atoms with Crippen molar-refractivity contribution in [3.63, 3.8) is 0 Å². The van der Waals surface area contributed by atoms with E-state index >= 15 is 0 Å². The van der Waals surface area contributed by atoms with Gasteiger partial charge in [-0.3, -0.25) is 19.4 Å². The second-order valence-corrected chi connectivity index (χ2v) is 5.75. The Morgan fingerprint density at radius 3 is 2.62 bits per heavy atom. The van der Waals surface area contributed by atoms with E-state index < -0.39 is 0 Å². The molecular weight excluding hydrogens is 330 g/mol. The third-order valence-electron chi connectivity index (χ3n) is 3.60. The SMILES string of the molecule is Cc1nn(CC(=O)Nc2cc(=O)[nH]n2-c2ccccc2)c(C)c1Cl. The molecule has 24 heavy (non-hydrogen) atoms. The van der Waals surface area contributed by atoms with E-state index in [1.165, 1.54) is 15.4 Å². The van der Waals surface area contributed by atoms with Crippen molar-refractivity contribution < 1.29 is 4.79 Å². The van der Waals surface area contributed by atoms with Gasteiger partial charge in [0.15, 0.2) is 0 Å². The Bertz CT molecular complexity index is 939. The lowest BCUT2D eigenvalue weighted by Gasteiger charge is -2.10. The van der Waals surface area contributed by atoms with Gasteiger partial charge in [0.25, 0.3) is 5.56 Å². The summed E-state index contributed by atoms with van der Waals surface area (Å²) in [5.74, 6) is 0.0600. The second-order valence-electron chi connectivity index (χ2n) is 5.37. The Hall–Kier alpha value is -2.80. The highest BCUT2D eigenvalue weighted by Crippen LogP contribution is 2.19. The standard InChI is InChI=1S/C16H16ClN5O2/c1-10-16(17)11(2)21(19-10)9-15(24)18-13-8-14(23)20-22(13)12-6-4-3-5-7-12/h3-8H,9H2,1-2H3,(H,18,24)(H,20,23). The maximum atomic E-state index is 12.3. The zero-order valence-electron chi connectivity index (χ0n) is 13.2. The third-order valence-corrected chi connectivity index (χ3v) is 4.15.